The van der Waals surface area contributed by atoms with Crippen LogP contribution < -0.4 is 9.47 Å². The van der Waals surface area contributed by atoms with Gasteiger partial charge in [0, 0.05) is 11.3 Å². The van der Waals surface area contributed by atoms with Crippen LogP contribution in [0, 0.1) is 13.8 Å². The van der Waals surface area contributed by atoms with Gasteiger partial charge in [-0.2, -0.15) is 4.98 Å². The lowest BCUT2D eigenvalue weighted by Crippen LogP contribution is -2.09. The average Bonchev–Trinajstić information content (AvgIpc) is 3.14. The van der Waals surface area contributed by atoms with Crippen LogP contribution in [0.2, 0.25) is 5.15 Å². The van der Waals surface area contributed by atoms with Gasteiger partial charge in [-0.05, 0) is 43.7 Å². The van der Waals surface area contributed by atoms with Gasteiger partial charge in [-0.15, -0.1) is 0 Å². The Bertz CT molecular complexity index is 996. The van der Waals surface area contributed by atoms with Crippen LogP contribution in [0.25, 0.3) is 11.4 Å². The lowest BCUT2D eigenvalue weighted by Gasteiger charge is -2.08. The molecule has 3 aromatic rings. The lowest BCUT2D eigenvalue weighted by atomic mass is 10.1. The molecule has 0 amide bonds. The van der Waals surface area contributed by atoms with E-state index < -0.39 is 5.97 Å². The van der Waals surface area contributed by atoms with Crippen LogP contribution in [-0.2, 0) is 11.3 Å². The Morgan fingerprint density at radius 2 is 1.86 bits per heavy atom. The molecular formula is C19H18ClN3O5. The number of rotatable bonds is 6. The van der Waals surface area contributed by atoms with Crippen LogP contribution in [0.15, 0.2) is 28.8 Å². The van der Waals surface area contributed by atoms with E-state index in [4.69, 9.17) is 30.3 Å². The molecule has 0 bridgehead atoms. The van der Waals surface area contributed by atoms with Crippen molar-refractivity contribution in [2.45, 2.75) is 20.5 Å². The molecule has 2 heterocycles. The van der Waals surface area contributed by atoms with Crippen molar-refractivity contribution in [1.82, 2.24) is 15.1 Å². The van der Waals surface area contributed by atoms with E-state index in [2.05, 4.69) is 15.1 Å². The minimum Gasteiger partial charge on any atom is -0.493 e. The average molecular weight is 404 g/mol. The topological polar surface area (TPSA) is 96.6 Å². The molecule has 0 aliphatic heterocycles. The van der Waals surface area contributed by atoms with Crippen LogP contribution in [-0.4, -0.2) is 35.3 Å². The number of pyridine rings is 1. The van der Waals surface area contributed by atoms with Gasteiger partial charge >= 0.3 is 5.97 Å². The maximum Gasteiger partial charge on any atom is 0.342 e. The lowest BCUT2D eigenvalue weighted by molar-refractivity contribution is 0.0428. The number of halogens is 1. The molecule has 8 nitrogen and oxygen atoms in total. The molecule has 0 saturated heterocycles. The summed E-state index contributed by atoms with van der Waals surface area (Å²) in [7, 11) is 3.09. The Balaban J connectivity index is 1.73. The normalized spacial score (nSPS) is 10.6. The van der Waals surface area contributed by atoms with Crippen molar-refractivity contribution in [2.75, 3.05) is 14.2 Å². The molecule has 0 fully saturated rings. The van der Waals surface area contributed by atoms with Gasteiger partial charge in [0.15, 0.2) is 18.1 Å². The first kappa shape index (κ1) is 19.6. The fourth-order valence-electron chi connectivity index (χ4n) is 2.64. The maximum absolute atomic E-state index is 12.3. The molecule has 0 spiro atoms. The van der Waals surface area contributed by atoms with Gasteiger partial charge in [0.05, 0.1) is 19.8 Å². The summed E-state index contributed by atoms with van der Waals surface area (Å²) in [6, 6.07) is 6.98. The van der Waals surface area contributed by atoms with E-state index in [0.717, 1.165) is 5.69 Å². The van der Waals surface area contributed by atoms with Gasteiger partial charge in [-0.25, -0.2) is 9.78 Å². The summed E-state index contributed by atoms with van der Waals surface area (Å²) < 4.78 is 20.9. The third-order valence-electron chi connectivity index (χ3n) is 3.94. The molecule has 1 aromatic carbocycles. The molecule has 0 radical (unpaired) electrons. The Labute approximate surface area is 166 Å². The fraction of sp³-hybridized carbons (Fsp3) is 0.263. The fourth-order valence-corrected chi connectivity index (χ4v) is 3.00. The Morgan fingerprint density at radius 3 is 2.54 bits per heavy atom. The van der Waals surface area contributed by atoms with Crippen LogP contribution in [0.3, 0.4) is 0 Å². The van der Waals surface area contributed by atoms with Gasteiger partial charge in [0.25, 0.3) is 5.89 Å². The zero-order valence-corrected chi connectivity index (χ0v) is 16.5. The molecule has 0 aliphatic rings. The first-order chi connectivity index (χ1) is 13.4. The van der Waals surface area contributed by atoms with Crippen molar-refractivity contribution in [1.29, 1.82) is 0 Å². The number of aryl methyl sites for hydroxylation is 2. The highest BCUT2D eigenvalue weighted by Gasteiger charge is 2.19. The molecular weight excluding hydrogens is 386 g/mol. The third-order valence-corrected chi connectivity index (χ3v) is 4.21. The van der Waals surface area contributed by atoms with E-state index in [0.29, 0.717) is 28.5 Å². The largest absolute Gasteiger partial charge is 0.493 e. The van der Waals surface area contributed by atoms with Gasteiger partial charge in [-0.3, -0.25) is 0 Å². The van der Waals surface area contributed by atoms with Gasteiger partial charge < -0.3 is 18.7 Å². The second-order valence-corrected chi connectivity index (χ2v) is 6.26. The Hall–Kier alpha value is -3.13. The van der Waals surface area contributed by atoms with Crippen LogP contribution in [0.4, 0.5) is 0 Å². The van der Waals surface area contributed by atoms with Crippen molar-refractivity contribution < 1.29 is 23.5 Å². The predicted molar refractivity (Wildman–Crippen MR) is 101 cm³/mol. The number of hydrogen-bond acceptors (Lipinski definition) is 8. The quantitative estimate of drug-likeness (QED) is 0.453. The number of hydrogen-bond donors (Lipinski definition) is 0. The number of esters is 1. The Morgan fingerprint density at radius 1 is 1.11 bits per heavy atom. The highest BCUT2D eigenvalue weighted by Crippen LogP contribution is 2.31. The summed E-state index contributed by atoms with van der Waals surface area (Å²) in [5, 5.41) is 4.00. The van der Waals surface area contributed by atoms with Crippen molar-refractivity contribution in [3.8, 4) is 22.9 Å². The number of methoxy groups -OCH3 is 2. The molecule has 9 heteroatoms. The minimum absolute atomic E-state index is 0.0963. The summed E-state index contributed by atoms with van der Waals surface area (Å²) in [6.07, 6.45) is 0. The van der Waals surface area contributed by atoms with E-state index in [-0.39, 0.29) is 23.2 Å². The number of carbonyl (C=O) groups excluding carboxylic acids is 1. The maximum atomic E-state index is 12.3. The first-order valence-corrected chi connectivity index (χ1v) is 8.66. The zero-order valence-electron chi connectivity index (χ0n) is 15.8. The number of carbonyl (C=O) groups is 1. The van der Waals surface area contributed by atoms with E-state index in [9.17, 15) is 4.79 Å². The third kappa shape index (κ3) is 4.07. The van der Waals surface area contributed by atoms with E-state index in [1.165, 1.54) is 7.11 Å². The molecule has 28 heavy (non-hydrogen) atoms. The molecule has 0 atom stereocenters. The first-order valence-electron chi connectivity index (χ1n) is 8.28. The standard InChI is InChI=1S/C19H18ClN3O5/c1-10-7-11(2)21-17(20)16(10)19(24)27-9-15-22-18(23-28-15)12-5-6-13(25-3)14(8-12)26-4/h5-8H,9H2,1-4H3. The summed E-state index contributed by atoms with van der Waals surface area (Å²) >= 11 is 6.06. The summed E-state index contributed by atoms with van der Waals surface area (Å²) in [5.74, 6) is 0.990. The number of ether oxygens (including phenoxy) is 3. The van der Waals surface area contributed by atoms with Gasteiger partial charge in [0.2, 0.25) is 5.82 Å². The number of aromatic nitrogens is 3. The van der Waals surface area contributed by atoms with Crippen LogP contribution in [0.1, 0.15) is 27.5 Å². The summed E-state index contributed by atoms with van der Waals surface area (Å²) in [5.41, 5.74) is 2.28. The van der Waals surface area contributed by atoms with Crippen molar-refractivity contribution >= 4 is 17.6 Å². The van der Waals surface area contributed by atoms with E-state index >= 15 is 0 Å². The minimum atomic E-state index is -0.610. The number of nitrogens with zero attached hydrogens (tertiary/aromatic N) is 3. The summed E-state index contributed by atoms with van der Waals surface area (Å²) in [4.78, 5) is 20.6. The van der Waals surface area contributed by atoms with Crippen LogP contribution in [0.5, 0.6) is 11.5 Å². The van der Waals surface area contributed by atoms with Gasteiger partial charge in [-0.1, -0.05) is 16.8 Å². The van der Waals surface area contributed by atoms with Crippen molar-refractivity contribution in [3.63, 3.8) is 0 Å². The highest BCUT2D eigenvalue weighted by atomic mass is 35.5. The molecule has 0 unspecified atom stereocenters. The molecule has 0 N–H and O–H groups in total. The van der Waals surface area contributed by atoms with Crippen LogP contribution >= 0.6 is 11.6 Å². The second-order valence-electron chi connectivity index (χ2n) is 5.90. The highest BCUT2D eigenvalue weighted by molar-refractivity contribution is 6.32. The molecule has 2 aromatic heterocycles. The second kappa shape index (κ2) is 8.26. The van der Waals surface area contributed by atoms with Gasteiger partial charge in [0.1, 0.15) is 5.15 Å². The zero-order chi connectivity index (χ0) is 20.3. The monoisotopic (exact) mass is 403 g/mol. The molecule has 0 saturated carbocycles. The predicted octanol–water partition coefficient (Wildman–Crippen LogP) is 3.78. The van der Waals surface area contributed by atoms with Crippen molar-refractivity contribution in [3.05, 3.63) is 52.1 Å². The van der Waals surface area contributed by atoms with E-state index in [1.54, 1.807) is 45.2 Å². The molecule has 0 aliphatic carbocycles. The van der Waals surface area contributed by atoms with E-state index in [1.807, 2.05) is 0 Å². The van der Waals surface area contributed by atoms with Crippen molar-refractivity contribution in [2.24, 2.45) is 0 Å². The smallest absolute Gasteiger partial charge is 0.342 e. The Kier molecular flexibility index (Phi) is 5.79. The summed E-state index contributed by atoms with van der Waals surface area (Å²) in [6.45, 7) is 3.36. The number of benzene rings is 1. The molecule has 3 rings (SSSR count). The SMILES string of the molecule is COc1ccc(-c2noc(COC(=O)c3c(C)cc(C)nc3Cl)n2)cc1OC. The molecule has 146 valence electrons.